The van der Waals surface area contributed by atoms with E-state index in [0.29, 0.717) is 6.54 Å². The molecule has 0 amide bonds. The second kappa shape index (κ2) is 5.72. The normalized spacial score (nSPS) is 15.3. The van der Waals surface area contributed by atoms with Gasteiger partial charge in [0, 0.05) is 49.0 Å². The van der Waals surface area contributed by atoms with E-state index >= 15 is 0 Å². The van der Waals surface area contributed by atoms with Crippen molar-refractivity contribution in [3.05, 3.63) is 41.0 Å². The lowest BCUT2D eigenvalue weighted by molar-refractivity contribution is 0.317. The number of nitrogens with two attached hydrogens (primary N) is 1. The van der Waals surface area contributed by atoms with Gasteiger partial charge in [0.25, 0.3) is 0 Å². The quantitative estimate of drug-likeness (QED) is 0.947. The second-order valence-corrected chi connectivity index (χ2v) is 6.12. The zero-order valence-electron chi connectivity index (χ0n) is 12.5. The third kappa shape index (κ3) is 2.67. The van der Waals surface area contributed by atoms with E-state index in [2.05, 4.69) is 40.7 Å². The van der Waals surface area contributed by atoms with Crippen molar-refractivity contribution in [2.45, 2.75) is 13.1 Å². The van der Waals surface area contributed by atoms with E-state index in [4.69, 9.17) is 17.3 Å². The van der Waals surface area contributed by atoms with Gasteiger partial charge in [0.05, 0.1) is 18.1 Å². The Morgan fingerprint density at radius 2 is 2.10 bits per heavy atom. The number of aromatic nitrogens is 1. The highest BCUT2D eigenvalue weighted by atomic mass is 35.5. The number of halogens is 1. The first-order valence-electron chi connectivity index (χ1n) is 7.18. The molecule has 21 heavy (non-hydrogen) atoms. The van der Waals surface area contributed by atoms with Crippen LogP contribution in [-0.2, 0) is 13.1 Å². The Balaban J connectivity index is 2.17. The lowest BCUT2D eigenvalue weighted by atomic mass is 10.1. The summed E-state index contributed by atoms with van der Waals surface area (Å²) in [6, 6.07) is 8.05. The zero-order valence-corrected chi connectivity index (χ0v) is 13.3. The summed E-state index contributed by atoms with van der Waals surface area (Å²) in [6.45, 7) is 3.32. The molecule has 1 aliphatic rings. The highest BCUT2D eigenvalue weighted by Crippen LogP contribution is 2.37. The van der Waals surface area contributed by atoms with E-state index in [1.165, 1.54) is 16.9 Å². The minimum Gasteiger partial charge on any atom is -0.360 e. The molecule has 1 aromatic carbocycles. The third-order valence-electron chi connectivity index (χ3n) is 3.92. The summed E-state index contributed by atoms with van der Waals surface area (Å²) in [6.07, 6.45) is 2.21. The number of fused-ring (bicyclic) bond motifs is 1. The van der Waals surface area contributed by atoms with Crippen LogP contribution in [0.4, 0.5) is 5.69 Å². The molecule has 5 heteroatoms. The maximum absolute atomic E-state index is 6.18. The Morgan fingerprint density at radius 1 is 1.29 bits per heavy atom. The molecule has 3 rings (SSSR count). The lowest BCUT2D eigenvalue weighted by Crippen LogP contribution is -2.37. The van der Waals surface area contributed by atoms with Crippen LogP contribution in [0.25, 0.3) is 11.3 Å². The van der Waals surface area contributed by atoms with E-state index in [9.17, 15) is 0 Å². The first kappa shape index (κ1) is 14.4. The summed E-state index contributed by atoms with van der Waals surface area (Å²) in [4.78, 5) is 4.59. The maximum Gasteiger partial charge on any atom is 0.0704 e. The molecule has 4 nitrogen and oxygen atoms in total. The van der Waals surface area contributed by atoms with Crippen LogP contribution >= 0.6 is 11.6 Å². The van der Waals surface area contributed by atoms with Crippen LogP contribution in [0.15, 0.2) is 30.5 Å². The number of benzene rings is 1. The highest BCUT2D eigenvalue weighted by molar-refractivity contribution is 6.30. The Morgan fingerprint density at radius 3 is 2.81 bits per heavy atom. The van der Waals surface area contributed by atoms with Crippen LogP contribution in [0.3, 0.4) is 0 Å². The first-order chi connectivity index (χ1) is 10.1. The van der Waals surface area contributed by atoms with E-state index in [1.807, 2.05) is 18.2 Å². The smallest absolute Gasteiger partial charge is 0.0704 e. The van der Waals surface area contributed by atoms with Crippen molar-refractivity contribution in [2.24, 2.45) is 5.73 Å². The monoisotopic (exact) mass is 304 g/mol. The first-order valence-corrected chi connectivity index (χ1v) is 7.55. The summed E-state index contributed by atoms with van der Waals surface area (Å²) in [5.74, 6) is 0. The lowest BCUT2D eigenvalue weighted by Gasteiger charge is -2.32. The third-order valence-corrected chi connectivity index (χ3v) is 4.16. The van der Waals surface area contributed by atoms with Gasteiger partial charge in [-0.05, 0) is 19.2 Å². The van der Waals surface area contributed by atoms with Crippen molar-refractivity contribution in [2.75, 3.05) is 32.2 Å². The van der Waals surface area contributed by atoms with Gasteiger partial charge in [-0.3, -0.25) is 4.90 Å². The van der Waals surface area contributed by atoms with E-state index in [0.717, 1.165) is 30.3 Å². The van der Waals surface area contributed by atoms with Gasteiger partial charge in [-0.2, -0.15) is 0 Å². The van der Waals surface area contributed by atoms with Crippen LogP contribution in [0.1, 0.15) is 5.56 Å². The predicted molar refractivity (Wildman–Crippen MR) is 88.7 cm³/mol. The Kier molecular flexibility index (Phi) is 3.93. The van der Waals surface area contributed by atoms with Crippen molar-refractivity contribution in [1.82, 2.24) is 9.47 Å². The molecule has 112 valence electrons. The molecular weight excluding hydrogens is 284 g/mol. The van der Waals surface area contributed by atoms with Crippen LogP contribution < -0.4 is 10.6 Å². The van der Waals surface area contributed by atoms with Crippen LogP contribution in [-0.4, -0.2) is 36.8 Å². The fourth-order valence-corrected chi connectivity index (χ4v) is 3.31. The number of rotatable bonds is 3. The van der Waals surface area contributed by atoms with E-state index in [-0.39, 0.29) is 0 Å². The Hall–Kier alpha value is -1.49. The molecule has 0 radical (unpaired) electrons. The number of hydrogen-bond donors (Lipinski definition) is 1. The molecule has 2 N–H and O–H groups in total. The molecule has 0 spiro atoms. The number of nitrogens with zero attached hydrogens (tertiary/aromatic N) is 3. The van der Waals surface area contributed by atoms with Crippen molar-refractivity contribution in [3.63, 3.8) is 0 Å². The van der Waals surface area contributed by atoms with E-state index in [1.54, 1.807) is 0 Å². The summed E-state index contributed by atoms with van der Waals surface area (Å²) in [7, 11) is 4.27. The molecule has 1 aliphatic heterocycles. The van der Waals surface area contributed by atoms with Gasteiger partial charge >= 0.3 is 0 Å². The summed E-state index contributed by atoms with van der Waals surface area (Å²) in [5, 5.41) is 0.763. The Bertz CT molecular complexity index is 650. The number of hydrogen-bond acceptors (Lipinski definition) is 3. The molecule has 0 saturated carbocycles. The molecule has 0 bridgehead atoms. The van der Waals surface area contributed by atoms with Crippen LogP contribution in [0.2, 0.25) is 5.02 Å². The molecule has 0 atom stereocenters. The van der Waals surface area contributed by atoms with Crippen molar-refractivity contribution in [1.29, 1.82) is 0 Å². The van der Waals surface area contributed by atoms with E-state index < -0.39 is 0 Å². The summed E-state index contributed by atoms with van der Waals surface area (Å²) in [5.41, 5.74) is 10.8. The van der Waals surface area contributed by atoms with Crippen molar-refractivity contribution >= 4 is 17.3 Å². The van der Waals surface area contributed by atoms with Crippen LogP contribution in [0.5, 0.6) is 0 Å². The van der Waals surface area contributed by atoms with Gasteiger partial charge in [-0.15, -0.1) is 0 Å². The molecular formula is C16H21ClN4. The molecule has 1 aromatic heterocycles. The van der Waals surface area contributed by atoms with Gasteiger partial charge in [0.15, 0.2) is 0 Å². The standard InChI is InChI=1S/C16H21ClN4/c1-19-9-14-15(20(2)11-19)10-21(7-6-18)16(14)12-4-3-5-13(17)8-12/h3-5,8,10H,6-7,9,11,18H2,1-2H3. The number of anilines is 1. The Labute approximate surface area is 130 Å². The molecule has 0 unspecified atom stereocenters. The van der Waals surface area contributed by atoms with Gasteiger partial charge in [0.1, 0.15) is 0 Å². The average Bonchev–Trinajstić information content (AvgIpc) is 2.77. The minimum atomic E-state index is 0.626. The second-order valence-electron chi connectivity index (χ2n) is 5.69. The average molecular weight is 305 g/mol. The zero-order chi connectivity index (χ0) is 15.0. The molecule has 2 heterocycles. The fraction of sp³-hybridized carbons (Fsp3) is 0.375. The maximum atomic E-state index is 6.18. The van der Waals surface area contributed by atoms with Gasteiger partial charge in [-0.1, -0.05) is 23.7 Å². The SMILES string of the molecule is CN1Cc2c(cn(CCN)c2-c2cccc(Cl)c2)N(C)C1. The van der Waals surface area contributed by atoms with Crippen LogP contribution in [0, 0.1) is 0 Å². The minimum absolute atomic E-state index is 0.626. The van der Waals surface area contributed by atoms with Crippen molar-refractivity contribution in [3.8, 4) is 11.3 Å². The largest absolute Gasteiger partial charge is 0.360 e. The topological polar surface area (TPSA) is 37.4 Å². The molecule has 0 saturated heterocycles. The molecule has 0 aliphatic carbocycles. The fourth-order valence-electron chi connectivity index (χ4n) is 3.12. The summed E-state index contributed by atoms with van der Waals surface area (Å²) >= 11 is 6.18. The highest BCUT2D eigenvalue weighted by Gasteiger charge is 2.25. The van der Waals surface area contributed by atoms with Gasteiger partial charge in [0.2, 0.25) is 0 Å². The predicted octanol–water partition coefficient (Wildman–Crippen LogP) is 2.61. The molecule has 2 aromatic rings. The summed E-state index contributed by atoms with van der Waals surface area (Å²) < 4.78 is 2.26. The molecule has 0 fully saturated rings. The van der Waals surface area contributed by atoms with Gasteiger partial charge < -0.3 is 15.2 Å². The van der Waals surface area contributed by atoms with Gasteiger partial charge in [-0.25, -0.2) is 0 Å². The van der Waals surface area contributed by atoms with Crippen molar-refractivity contribution < 1.29 is 0 Å².